The molecule has 64 valence electrons. The van der Waals surface area contributed by atoms with Crippen molar-refractivity contribution in [2.24, 2.45) is 5.73 Å². The van der Waals surface area contributed by atoms with Gasteiger partial charge in [0.2, 0.25) is 0 Å². The first-order valence-electron chi connectivity index (χ1n) is 4.21. The highest BCUT2D eigenvalue weighted by Crippen LogP contribution is 2.25. The van der Waals surface area contributed by atoms with Crippen LogP contribution in [0.5, 0.6) is 5.75 Å². The lowest BCUT2D eigenvalue weighted by Gasteiger charge is -2.02. The number of methoxy groups -OCH3 is 1. The molecule has 0 fully saturated rings. The van der Waals surface area contributed by atoms with Crippen LogP contribution in [0.15, 0.2) is 18.2 Å². The van der Waals surface area contributed by atoms with Gasteiger partial charge in [0.1, 0.15) is 5.75 Å². The molecule has 1 aromatic carbocycles. The number of fused-ring (bicyclic) bond motifs is 1. The van der Waals surface area contributed by atoms with Crippen LogP contribution >= 0.6 is 0 Å². The van der Waals surface area contributed by atoms with E-state index in [9.17, 15) is 0 Å². The average Bonchev–Trinajstić information content (AvgIpc) is 2.43. The van der Waals surface area contributed by atoms with Gasteiger partial charge < -0.3 is 10.5 Å². The minimum Gasteiger partial charge on any atom is -0.497 e. The number of ether oxygens (including phenoxy) is 1. The van der Waals surface area contributed by atoms with Gasteiger partial charge in [-0.1, -0.05) is 6.07 Å². The van der Waals surface area contributed by atoms with Crippen LogP contribution < -0.4 is 10.5 Å². The summed E-state index contributed by atoms with van der Waals surface area (Å²) < 4.78 is 5.13. The third-order valence-electron chi connectivity index (χ3n) is 2.38. The van der Waals surface area contributed by atoms with Crippen molar-refractivity contribution < 1.29 is 4.74 Å². The minimum absolute atomic E-state index is 0.312. The second-order valence-electron chi connectivity index (χ2n) is 3.30. The largest absolute Gasteiger partial charge is 0.497 e. The Morgan fingerprint density at radius 3 is 2.83 bits per heavy atom. The third kappa shape index (κ3) is 1.18. The normalized spacial score (nSPS) is 20.7. The topological polar surface area (TPSA) is 35.2 Å². The molecule has 1 aliphatic rings. The van der Waals surface area contributed by atoms with Crippen LogP contribution in [0.2, 0.25) is 0 Å². The van der Waals surface area contributed by atoms with Crippen LogP contribution in [0.1, 0.15) is 11.1 Å². The standard InChI is InChI=1S/C10H13NO/c1-12-10-3-2-7-4-9(11)5-8(7)6-10/h2-3,6,9H,4-5,11H2,1H3. The number of rotatable bonds is 1. The van der Waals surface area contributed by atoms with Crippen LogP contribution in [-0.4, -0.2) is 13.2 Å². The Labute approximate surface area is 72.3 Å². The highest BCUT2D eigenvalue weighted by Gasteiger charge is 2.17. The van der Waals surface area contributed by atoms with Crippen LogP contribution in [0.4, 0.5) is 0 Å². The lowest BCUT2D eigenvalue weighted by Crippen LogP contribution is -2.18. The van der Waals surface area contributed by atoms with Crippen LogP contribution in [0, 0.1) is 0 Å². The lowest BCUT2D eigenvalue weighted by atomic mass is 10.1. The number of hydrogen-bond donors (Lipinski definition) is 1. The van der Waals surface area contributed by atoms with E-state index in [0.717, 1.165) is 18.6 Å². The lowest BCUT2D eigenvalue weighted by molar-refractivity contribution is 0.414. The Kier molecular flexibility index (Phi) is 1.77. The van der Waals surface area contributed by atoms with Crippen molar-refractivity contribution in [2.75, 3.05) is 7.11 Å². The van der Waals surface area contributed by atoms with E-state index in [4.69, 9.17) is 10.5 Å². The minimum atomic E-state index is 0.312. The fraction of sp³-hybridized carbons (Fsp3) is 0.400. The van der Waals surface area contributed by atoms with Crippen molar-refractivity contribution in [3.63, 3.8) is 0 Å². The summed E-state index contributed by atoms with van der Waals surface area (Å²) in [7, 11) is 1.69. The van der Waals surface area contributed by atoms with Gasteiger partial charge in [-0.05, 0) is 36.1 Å². The van der Waals surface area contributed by atoms with E-state index in [-0.39, 0.29) is 0 Å². The number of hydrogen-bond acceptors (Lipinski definition) is 2. The zero-order valence-corrected chi connectivity index (χ0v) is 7.21. The molecule has 0 saturated carbocycles. The molecule has 1 aromatic rings. The van der Waals surface area contributed by atoms with Crippen LogP contribution in [0.3, 0.4) is 0 Å². The molecular weight excluding hydrogens is 150 g/mol. The summed E-state index contributed by atoms with van der Waals surface area (Å²) in [6.07, 6.45) is 2.01. The molecule has 1 aliphatic carbocycles. The Bertz CT molecular complexity index is 296. The molecule has 1 unspecified atom stereocenters. The summed E-state index contributed by atoms with van der Waals surface area (Å²) in [6.45, 7) is 0. The zero-order chi connectivity index (χ0) is 8.55. The molecule has 2 rings (SSSR count). The molecule has 2 nitrogen and oxygen atoms in total. The molecule has 2 N–H and O–H groups in total. The quantitative estimate of drug-likeness (QED) is 0.673. The summed E-state index contributed by atoms with van der Waals surface area (Å²) >= 11 is 0. The summed E-state index contributed by atoms with van der Waals surface area (Å²) in [5, 5.41) is 0. The maximum absolute atomic E-state index is 5.84. The third-order valence-corrected chi connectivity index (χ3v) is 2.38. The molecule has 12 heavy (non-hydrogen) atoms. The second kappa shape index (κ2) is 2.79. The SMILES string of the molecule is COc1ccc2c(c1)CC(N)C2. The van der Waals surface area contributed by atoms with E-state index in [1.165, 1.54) is 11.1 Å². The van der Waals surface area contributed by atoms with E-state index in [0.29, 0.717) is 6.04 Å². The van der Waals surface area contributed by atoms with Crippen LogP contribution in [-0.2, 0) is 12.8 Å². The second-order valence-corrected chi connectivity index (χ2v) is 3.30. The summed E-state index contributed by atoms with van der Waals surface area (Å²) in [4.78, 5) is 0. The Hall–Kier alpha value is -1.02. The van der Waals surface area contributed by atoms with E-state index in [2.05, 4.69) is 12.1 Å². The Balaban J connectivity index is 2.35. The van der Waals surface area contributed by atoms with Crippen molar-refractivity contribution in [2.45, 2.75) is 18.9 Å². The van der Waals surface area contributed by atoms with Gasteiger partial charge in [-0.25, -0.2) is 0 Å². The fourth-order valence-corrected chi connectivity index (χ4v) is 1.76. The maximum Gasteiger partial charge on any atom is 0.119 e. The van der Waals surface area contributed by atoms with Crippen molar-refractivity contribution in [1.82, 2.24) is 0 Å². The van der Waals surface area contributed by atoms with Crippen molar-refractivity contribution >= 4 is 0 Å². The maximum atomic E-state index is 5.84. The first-order chi connectivity index (χ1) is 5.79. The summed E-state index contributed by atoms with van der Waals surface area (Å²) in [5.74, 6) is 0.933. The van der Waals surface area contributed by atoms with E-state index in [1.54, 1.807) is 7.11 Å². The Morgan fingerprint density at radius 2 is 2.08 bits per heavy atom. The first-order valence-corrected chi connectivity index (χ1v) is 4.21. The van der Waals surface area contributed by atoms with Crippen LogP contribution in [0.25, 0.3) is 0 Å². The summed E-state index contributed by atoms with van der Waals surface area (Å²) in [6, 6.07) is 6.51. The van der Waals surface area contributed by atoms with Gasteiger partial charge in [-0.3, -0.25) is 0 Å². The van der Waals surface area contributed by atoms with Crippen molar-refractivity contribution in [3.05, 3.63) is 29.3 Å². The van der Waals surface area contributed by atoms with E-state index >= 15 is 0 Å². The molecule has 0 bridgehead atoms. The van der Waals surface area contributed by atoms with E-state index < -0.39 is 0 Å². The van der Waals surface area contributed by atoms with Crippen molar-refractivity contribution in [3.8, 4) is 5.75 Å². The van der Waals surface area contributed by atoms with Gasteiger partial charge in [0.05, 0.1) is 7.11 Å². The number of benzene rings is 1. The fourth-order valence-electron chi connectivity index (χ4n) is 1.76. The smallest absolute Gasteiger partial charge is 0.119 e. The monoisotopic (exact) mass is 163 g/mol. The first kappa shape index (κ1) is 7.62. The summed E-state index contributed by atoms with van der Waals surface area (Å²) in [5.41, 5.74) is 8.56. The van der Waals surface area contributed by atoms with Gasteiger partial charge >= 0.3 is 0 Å². The highest BCUT2D eigenvalue weighted by molar-refractivity contribution is 5.39. The molecule has 1 atom stereocenters. The predicted octanol–water partition coefficient (Wildman–Crippen LogP) is 1.12. The van der Waals surface area contributed by atoms with E-state index in [1.807, 2.05) is 6.07 Å². The molecule has 0 heterocycles. The average molecular weight is 163 g/mol. The molecule has 0 aliphatic heterocycles. The predicted molar refractivity (Wildman–Crippen MR) is 48.4 cm³/mol. The molecule has 0 amide bonds. The highest BCUT2D eigenvalue weighted by atomic mass is 16.5. The van der Waals surface area contributed by atoms with Crippen molar-refractivity contribution in [1.29, 1.82) is 0 Å². The molecule has 0 saturated heterocycles. The Morgan fingerprint density at radius 1 is 1.33 bits per heavy atom. The molecule has 0 aromatic heterocycles. The van der Waals surface area contributed by atoms with Gasteiger partial charge in [0.15, 0.2) is 0 Å². The van der Waals surface area contributed by atoms with Gasteiger partial charge in [-0.2, -0.15) is 0 Å². The molecular formula is C10H13NO. The van der Waals surface area contributed by atoms with Gasteiger partial charge in [0, 0.05) is 6.04 Å². The van der Waals surface area contributed by atoms with Gasteiger partial charge in [-0.15, -0.1) is 0 Å². The molecule has 0 radical (unpaired) electrons. The molecule has 0 spiro atoms. The van der Waals surface area contributed by atoms with Gasteiger partial charge in [0.25, 0.3) is 0 Å². The molecule has 2 heteroatoms. The number of nitrogens with two attached hydrogens (primary N) is 1. The zero-order valence-electron chi connectivity index (χ0n) is 7.21.